The van der Waals surface area contributed by atoms with Gasteiger partial charge >= 0.3 is 0 Å². The van der Waals surface area contributed by atoms with Gasteiger partial charge in [-0.2, -0.15) is 15.2 Å². The van der Waals surface area contributed by atoms with Crippen molar-refractivity contribution in [3.63, 3.8) is 0 Å². The van der Waals surface area contributed by atoms with Crippen LogP contribution in [-0.2, 0) is 0 Å². The Balaban J connectivity index is 1.45. The summed E-state index contributed by atoms with van der Waals surface area (Å²) in [7, 11) is -1.64. The van der Waals surface area contributed by atoms with Gasteiger partial charge in [0.05, 0.1) is 19.8 Å². The molecule has 0 aliphatic heterocycles. The minimum absolute atomic E-state index is 0.551. The van der Waals surface area contributed by atoms with Gasteiger partial charge in [0.2, 0.25) is 5.95 Å². The Labute approximate surface area is 169 Å². The van der Waals surface area contributed by atoms with Gasteiger partial charge in [-0.05, 0) is 36.2 Å². The van der Waals surface area contributed by atoms with Crippen molar-refractivity contribution in [2.24, 2.45) is 0 Å². The number of aromatic amines is 2. The lowest BCUT2D eigenvalue weighted by Crippen LogP contribution is -2.40. The van der Waals surface area contributed by atoms with Crippen molar-refractivity contribution in [2.75, 3.05) is 10.6 Å². The summed E-state index contributed by atoms with van der Waals surface area (Å²) >= 11 is 0. The first-order valence-corrected chi connectivity index (χ1v) is 13.4. The SMILES string of the molecule is C[Si](C)(C)c1cnc(Nc2ccc3[nH]ncc3c2)nc1Nc1cc(C2CC2)[nH]n1. The molecular formula is C20H24N8Si. The highest BCUT2D eigenvalue weighted by Crippen LogP contribution is 2.39. The molecule has 4 N–H and O–H groups in total. The molecule has 1 fully saturated rings. The molecule has 1 aromatic carbocycles. The van der Waals surface area contributed by atoms with Gasteiger partial charge in [-0.15, -0.1) is 0 Å². The number of nitrogens with zero attached hydrogens (tertiary/aromatic N) is 4. The van der Waals surface area contributed by atoms with E-state index in [2.05, 4.69) is 61.7 Å². The number of rotatable bonds is 6. The summed E-state index contributed by atoms with van der Waals surface area (Å²) in [6, 6.07) is 8.09. The van der Waals surface area contributed by atoms with E-state index in [0.29, 0.717) is 11.9 Å². The average Bonchev–Trinajstić information content (AvgIpc) is 3.23. The Kier molecular flexibility index (Phi) is 4.12. The molecule has 29 heavy (non-hydrogen) atoms. The Hall–Kier alpha value is -3.20. The van der Waals surface area contributed by atoms with E-state index in [0.717, 1.165) is 28.2 Å². The van der Waals surface area contributed by atoms with E-state index in [1.165, 1.54) is 23.7 Å². The molecule has 0 saturated heterocycles. The molecule has 1 saturated carbocycles. The summed E-state index contributed by atoms with van der Waals surface area (Å²) in [4.78, 5) is 9.37. The minimum Gasteiger partial charge on any atom is -0.324 e. The number of anilines is 4. The topological polar surface area (TPSA) is 107 Å². The molecular weight excluding hydrogens is 380 g/mol. The maximum atomic E-state index is 4.79. The van der Waals surface area contributed by atoms with Crippen molar-refractivity contribution >= 4 is 47.4 Å². The van der Waals surface area contributed by atoms with Gasteiger partial charge in [0.1, 0.15) is 5.82 Å². The van der Waals surface area contributed by atoms with Crippen molar-refractivity contribution in [3.8, 4) is 0 Å². The van der Waals surface area contributed by atoms with Gasteiger partial charge in [-0.25, -0.2) is 4.98 Å². The van der Waals surface area contributed by atoms with Crippen LogP contribution in [0.5, 0.6) is 0 Å². The number of nitrogens with one attached hydrogen (secondary N) is 4. The minimum atomic E-state index is -1.64. The molecule has 0 atom stereocenters. The molecule has 5 rings (SSSR count). The fourth-order valence-electron chi connectivity index (χ4n) is 3.36. The molecule has 1 aliphatic carbocycles. The lowest BCUT2D eigenvalue weighted by atomic mass is 10.2. The first kappa shape index (κ1) is 17.9. The zero-order chi connectivity index (χ0) is 20.0. The second-order valence-corrected chi connectivity index (χ2v) is 13.6. The maximum absolute atomic E-state index is 4.79. The van der Waals surface area contributed by atoms with Crippen LogP contribution in [0.2, 0.25) is 19.6 Å². The van der Waals surface area contributed by atoms with Crippen molar-refractivity contribution < 1.29 is 0 Å². The summed E-state index contributed by atoms with van der Waals surface area (Å²) in [6.07, 6.45) is 6.22. The van der Waals surface area contributed by atoms with E-state index in [9.17, 15) is 0 Å². The molecule has 3 aromatic heterocycles. The van der Waals surface area contributed by atoms with Crippen LogP contribution in [0.4, 0.5) is 23.3 Å². The second kappa shape index (κ2) is 6.70. The third-order valence-electron chi connectivity index (χ3n) is 5.15. The third kappa shape index (κ3) is 3.73. The fourth-order valence-corrected chi connectivity index (χ4v) is 4.64. The number of benzene rings is 1. The van der Waals surface area contributed by atoms with E-state index in [4.69, 9.17) is 4.98 Å². The molecule has 4 aromatic rings. The van der Waals surface area contributed by atoms with Crippen LogP contribution >= 0.6 is 0 Å². The predicted octanol–water partition coefficient (Wildman–Crippen LogP) is 3.99. The lowest BCUT2D eigenvalue weighted by molar-refractivity contribution is 0.966. The Bertz CT molecular complexity index is 1170. The van der Waals surface area contributed by atoms with Gasteiger partial charge in [-0.1, -0.05) is 19.6 Å². The van der Waals surface area contributed by atoms with E-state index < -0.39 is 8.07 Å². The number of hydrogen-bond acceptors (Lipinski definition) is 6. The van der Waals surface area contributed by atoms with Crippen molar-refractivity contribution in [3.05, 3.63) is 42.4 Å². The first-order chi connectivity index (χ1) is 14.0. The molecule has 0 bridgehead atoms. The molecule has 3 heterocycles. The summed E-state index contributed by atoms with van der Waals surface area (Å²) < 4.78 is 0. The highest BCUT2D eigenvalue weighted by molar-refractivity contribution is 6.89. The van der Waals surface area contributed by atoms with Gasteiger partial charge in [-0.3, -0.25) is 10.2 Å². The van der Waals surface area contributed by atoms with Crippen LogP contribution in [0.1, 0.15) is 24.5 Å². The molecule has 9 heteroatoms. The number of aromatic nitrogens is 6. The van der Waals surface area contributed by atoms with Gasteiger partial charge < -0.3 is 10.6 Å². The van der Waals surface area contributed by atoms with Crippen LogP contribution < -0.4 is 15.8 Å². The lowest BCUT2D eigenvalue weighted by Gasteiger charge is -2.20. The van der Waals surface area contributed by atoms with Gasteiger partial charge in [0.15, 0.2) is 5.82 Å². The van der Waals surface area contributed by atoms with Crippen molar-refractivity contribution in [1.82, 2.24) is 30.4 Å². The normalized spacial score (nSPS) is 14.3. The predicted molar refractivity (Wildman–Crippen MR) is 118 cm³/mol. The number of hydrogen-bond donors (Lipinski definition) is 4. The largest absolute Gasteiger partial charge is 0.324 e. The van der Waals surface area contributed by atoms with Crippen LogP contribution in [-0.4, -0.2) is 38.4 Å². The first-order valence-electron chi connectivity index (χ1n) is 9.86. The Morgan fingerprint density at radius 2 is 1.90 bits per heavy atom. The number of fused-ring (bicyclic) bond motifs is 1. The highest BCUT2D eigenvalue weighted by atomic mass is 28.3. The van der Waals surface area contributed by atoms with Crippen molar-refractivity contribution in [1.29, 1.82) is 0 Å². The van der Waals surface area contributed by atoms with E-state index in [-0.39, 0.29) is 0 Å². The Morgan fingerprint density at radius 3 is 2.69 bits per heavy atom. The summed E-state index contributed by atoms with van der Waals surface area (Å²) in [5, 5.41) is 23.5. The van der Waals surface area contributed by atoms with Crippen LogP contribution in [0.15, 0.2) is 36.7 Å². The second-order valence-electron chi connectivity index (χ2n) is 8.61. The van der Waals surface area contributed by atoms with Crippen LogP contribution in [0, 0.1) is 0 Å². The van der Waals surface area contributed by atoms with E-state index >= 15 is 0 Å². The molecule has 1 aliphatic rings. The molecule has 0 amide bonds. The van der Waals surface area contributed by atoms with Crippen molar-refractivity contribution in [2.45, 2.75) is 38.4 Å². The maximum Gasteiger partial charge on any atom is 0.229 e. The third-order valence-corrected chi connectivity index (χ3v) is 7.14. The molecule has 0 unspecified atom stereocenters. The van der Waals surface area contributed by atoms with Crippen LogP contribution in [0.3, 0.4) is 0 Å². The van der Waals surface area contributed by atoms with E-state index in [1.807, 2.05) is 24.4 Å². The van der Waals surface area contributed by atoms with Crippen LogP contribution in [0.25, 0.3) is 10.9 Å². The smallest absolute Gasteiger partial charge is 0.229 e. The molecule has 0 radical (unpaired) electrons. The molecule has 0 spiro atoms. The Morgan fingerprint density at radius 1 is 1.03 bits per heavy atom. The highest BCUT2D eigenvalue weighted by Gasteiger charge is 2.27. The zero-order valence-corrected chi connectivity index (χ0v) is 17.7. The standard InChI is InChI=1S/C20H24N8Si/c1-29(2,3)17-11-21-20(23-14-6-7-15-13(8-14)10-22-26-15)25-19(17)24-18-9-16(27-28-18)12-4-5-12/h6-12H,4-5H2,1-3H3,(H,22,26)(H3,21,23,24,25,27,28). The molecule has 8 nitrogen and oxygen atoms in total. The monoisotopic (exact) mass is 404 g/mol. The number of H-pyrrole nitrogens is 2. The molecule has 148 valence electrons. The zero-order valence-electron chi connectivity index (χ0n) is 16.7. The summed E-state index contributed by atoms with van der Waals surface area (Å²) in [5.41, 5.74) is 3.11. The van der Waals surface area contributed by atoms with Gasteiger partial charge in [0.25, 0.3) is 0 Å². The van der Waals surface area contributed by atoms with E-state index in [1.54, 1.807) is 6.20 Å². The van der Waals surface area contributed by atoms with Gasteiger partial charge in [0, 0.05) is 34.9 Å². The summed E-state index contributed by atoms with van der Waals surface area (Å²) in [6.45, 7) is 6.87. The summed E-state index contributed by atoms with van der Waals surface area (Å²) in [5.74, 6) is 2.81. The average molecular weight is 405 g/mol. The fraction of sp³-hybridized carbons (Fsp3) is 0.300. The quantitative estimate of drug-likeness (QED) is 0.362.